The molecule has 23 nitrogen and oxygen atoms in total. The van der Waals surface area contributed by atoms with Gasteiger partial charge in [-0.15, -0.1) is 0 Å². The largest absolute Gasteiger partial charge is 0.507 e. The summed E-state index contributed by atoms with van der Waals surface area (Å²) < 4.78 is 134. The molecule has 0 aromatic heterocycles. The molecule has 0 radical (unpaired) electrons. The van der Waals surface area contributed by atoms with Gasteiger partial charge >= 0.3 is 5.97 Å². The van der Waals surface area contributed by atoms with Crippen LogP contribution >= 0.6 is 0 Å². The molecule has 84 heavy (non-hydrogen) atoms. The van der Waals surface area contributed by atoms with E-state index in [9.17, 15) is 40.9 Å². The molecule has 0 amide bonds. The molecular weight excluding hydrogens is 1140 g/mol. The standard InChI is InChI=1S/C59H94N2O21S2/c1-48(11-8-12-56-59(5,18-9-13-57(63)64)53-47-50(84(68,69)70)15-17-54(53)61(56)19-10-44-83(65,66)67)45-52(58(2,3)4)51-16-14-49(46-55(51)62)60(20-22-73-28-30-77-36-38-81-42-40-79-34-32-75-26-24-71-6)21-23-74-29-31-78-37-39-82-43-41-80-35-33-76-27-25-72-7/h8,11-12,14-17,45-47,62H,1,9-10,13,18-44H2,2-7H3,(H,63,64)(H,65,66,67)(H,68,69,70)/b11-8+,52-45+,56-12+. The molecule has 2 aromatic carbocycles. The molecule has 2 aromatic rings. The summed E-state index contributed by atoms with van der Waals surface area (Å²) in [5, 5.41) is 21.3. The minimum absolute atomic E-state index is 0.00778. The first kappa shape index (κ1) is 73.9. The Kier molecular flexibility index (Phi) is 36.0. The van der Waals surface area contributed by atoms with Crippen molar-refractivity contribution in [3.05, 3.63) is 89.7 Å². The zero-order valence-electron chi connectivity index (χ0n) is 50.1. The summed E-state index contributed by atoms with van der Waals surface area (Å²) in [4.78, 5) is 15.2. The monoisotopic (exact) mass is 1230 g/mol. The van der Waals surface area contributed by atoms with E-state index < -0.39 is 42.8 Å². The summed E-state index contributed by atoms with van der Waals surface area (Å²) in [7, 11) is -5.69. The van der Waals surface area contributed by atoms with Crippen molar-refractivity contribution in [3.63, 3.8) is 0 Å². The van der Waals surface area contributed by atoms with Crippen molar-refractivity contribution in [2.75, 3.05) is 195 Å². The summed E-state index contributed by atoms with van der Waals surface area (Å²) >= 11 is 0. The molecule has 0 fully saturated rings. The number of nitrogens with zero attached hydrogens (tertiary/aromatic N) is 2. The molecule has 0 aliphatic carbocycles. The second kappa shape index (κ2) is 40.9. The summed E-state index contributed by atoms with van der Waals surface area (Å²) in [5.74, 6) is -1.51. The Morgan fingerprint density at radius 2 is 1.11 bits per heavy atom. The van der Waals surface area contributed by atoms with E-state index >= 15 is 0 Å². The third-order valence-electron chi connectivity index (χ3n) is 13.0. The second-order valence-electron chi connectivity index (χ2n) is 20.6. The molecule has 1 unspecified atom stereocenters. The number of hydrogen-bond donors (Lipinski definition) is 4. The first-order valence-corrected chi connectivity index (χ1v) is 31.4. The van der Waals surface area contributed by atoms with Gasteiger partial charge in [0.2, 0.25) is 0 Å². The summed E-state index contributed by atoms with van der Waals surface area (Å²) in [6.07, 6.45) is 7.47. The van der Waals surface area contributed by atoms with Crippen molar-refractivity contribution in [1.82, 2.24) is 0 Å². The molecular formula is C59H94N2O21S2. The van der Waals surface area contributed by atoms with Crippen molar-refractivity contribution < 1.29 is 97.8 Å². The number of phenolic OH excluding ortho intramolecular Hbond substituents is 1. The maximum Gasteiger partial charge on any atom is 0.303 e. The third kappa shape index (κ3) is 29.8. The molecule has 478 valence electrons. The summed E-state index contributed by atoms with van der Waals surface area (Å²) in [6.45, 7) is 23.0. The number of carboxylic acid groups (broad SMARTS) is 1. The number of benzene rings is 2. The second-order valence-corrected chi connectivity index (χ2v) is 23.6. The normalized spacial score (nSPS) is 15.5. The van der Waals surface area contributed by atoms with E-state index in [4.69, 9.17) is 56.8 Å². The van der Waals surface area contributed by atoms with Gasteiger partial charge in [0.05, 0.1) is 156 Å². The minimum atomic E-state index is -4.63. The van der Waals surface area contributed by atoms with Crippen molar-refractivity contribution in [3.8, 4) is 5.75 Å². The van der Waals surface area contributed by atoms with E-state index in [2.05, 4.69) is 11.5 Å². The zero-order valence-corrected chi connectivity index (χ0v) is 51.8. The van der Waals surface area contributed by atoms with Crippen LogP contribution in [0.4, 0.5) is 11.4 Å². The molecule has 3 rings (SSSR count). The first-order chi connectivity index (χ1) is 40.1. The maximum atomic E-state index is 12.3. The topological polar surface area (TPSA) is 284 Å². The number of methoxy groups -OCH3 is 2. The number of rotatable bonds is 50. The van der Waals surface area contributed by atoms with Gasteiger partial charge < -0.3 is 76.9 Å². The SMILES string of the molecule is C=C(/C=C(\c1ccc(N(CCOCCOCCOCCOCCOCCOC)CCOCCOCCOCCOCCOCCOC)cc1O)C(C)(C)C)/C=C/C=C1/N(CCCS(=O)(=O)O)c2ccc(S(=O)(=O)O)cc2C1(C)CCCC(=O)O. The number of anilines is 2. The van der Waals surface area contributed by atoms with E-state index in [1.807, 2.05) is 50.8 Å². The number of ether oxygens (including phenoxy) is 12. The van der Waals surface area contributed by atoms with Gasteiger partial charge in [0.15, 0.2) is 0 Å². The Bertz CT molecular complexity index is 2500. The molecule has 0 spiro atoms. The van der Waals surface area contributed by atoms with Crippen molar-refractivity contribution in [2.45, 2.75) is 63.7 Å². The minimum Gasteiger partial charge on any atom is -0.507 e. The van der Waals surface area contributed by atoms with Crippen LogP contribution < -0.4 is 9.80 Å². The fourth-order valence-electron chi connectivity index (χ4n) is 8.80. The zero-order chi connectivity index (χ0) is 61.7. The Morgan fingerprint density at radius 3 is 1.51 bits per heavy atom. The number of carbonyl (C=O) groups is 1. The van der Waals surface area contributed by atoms with Gasteiger partial charge in [-0.05, 0) is 84.7 Å². The fourth-order valence-corrected chi connectivity index (χ4v) is 9.80. The predicted octanol–water partition coefficient (Wildman–Crippen LogP) is 6.64. The highest BCUT2D eigenvalue weighted by atomic mass is 32.2. The lowest BCUT2D eigenvalue weighted by atomic mass is 9.77. The highest BCUT2D eigenvalue weighted by Crippen LogP contribution is 2.51. The van der Waals surface area contributed by atoms with E-state index in [0.29, 0.717) is 187 Å². The average Bonchev–Trinajstić information content (AvgIpc) is 2.34. The smallest absolute Gasteiger partial charge is 0.303 e. The number of allylic oxidation sites excluding steroid dienone is 7. The molecule has 1 atom stereocenters. The van der Waals surface area contributed by atoms with Gasteiger partial charge in [-0.3, -0.25) is 13.9 Å². The quantitative estimate of drug-likeness (QED) is 0.0307. The van der Waals surface area contributed by atoms with Crippen molar-refractivity contribution >= 4 is 43.2 Å². The Morgan fingerprint density at radius 1 is 0.655 bits per heavy atom. The van der Waals surface area contributed by atoms with Crippen LogP contribution in [0, 0.1) is 5.41 Å². The first-order valence-electron chi connectivity index (χ1n) is 28.3. The van der Waals surface area contributed by atoms with Crippen LogP contribution in [0.25, 0.3) is 5.57 Å². The van der Waals surface area contributed by atoms with E-state index in [-0.39, 0.29) is 42.9 Å². The molecule has 1 aliphatic heterocycles. The van der Waals surface area contributed by atoms with Crippen LogP contribution in [0.2, 0.25) is 0 Å². The summed E-state index contributed by atoms with van der Waals surface area (Å²) in [5.41, 5.74) is 2.81. The van der Waals surface area contributed by atoms with Gasteiger partial charge in [-0.1, -0.05) is 45.6 Å². The number of hydrogen-bond acceptors (Lipinski definition) is 20. The Hall–Kier alpha value is -4.39. The molecule has 25 heteroatoms. The van der Waals surface area contributed by atoms with E-state index in [0.717, 1.165) is 11.3 Å². The number of fused-ring (bicyclic) bond motifs is 1. The highest BCUT2D eigenvalue weighted by Gasteiger charge is 2.43. The number of aliphatic carboxylic acids is 1. The molecule has 1 heterocycles. The Labute approximate surface area is 498 Å². The fraction of sp³-hybridized carbons (Fsp3) is 0.644. The average molecular weight is 1230 g/mol. The van der Waals surface area contributed by atoms with Crippen LogP contribution in [0.5, 0.6) is 5.75 Å². The van der Waals surface area contributed by atoms with Crippen LogP contribution in [-0.4, -0.2) is 227 Å². The van der Waals surface area contributed by atoms with Gasteiger partial charge in [0.25, 0.3) is 20.2 Å². The molecule has 4 N–H and O–H groups in total. The third-order valence-corrected chi connectivity index (χ3v) is 14.7. The van der Waals surface area contributed by atoms with E-state index in [1.54, 1.807) is 38.5 Å². The van der Waals surface area contributed by atoms with Crippen LogP contribution in [0.3, 0.4) is 0 Å². The molecule has 0 saturated heterocycles. The number of carboxylic acids is 1. The van der Waals surface area contributed by atoms with E-state index in [1.165, 1.54) is 18.2 Å². The van der Waals surface area contributed by atoms with Gasteiger partial charge in [0, 0.05) is 74.4 Å². The predicted molar refractivity (Wildman–Crippen MR) is 320 cm³/mol. The lowest BCUT2D eigenvalue weighted by molar-refractivity contribution is -0.137. The van der Waals surface area contributed by atoms with Crippen molar-refractivity contribution in [1.29, 1.82) is 0 Å². The number of aromatic hydroxyl groups is 1. The van der Waals surface area contributed by atoms with Gasteiger partial charge in [-0.2, -0.15) is 16.8 Å². The Balaban J connectivity index is 1.73. The van der Waals surface area contributed by atoms with Crippen LogP contribution in [0.15, 0.2) is 83.4 Å². The van der Waals surface area contributed by atoms with Crippen molar-refractivity contribution in [2.24, 2.45) is 5.41 Å². The maximum absolute atomic E-state index is 12.3. The van der Waals surface area contributed by atoms with Gasteiger partial charge in [-0.25, -0.2) is 0 Å². The van der Waals surface area contributed by atoms with Gasteiger partial charge in [0.1, 0.15) is 5.75 Å². The van der Waals surface area contributed by atoms with Crippen LogP contribution in [-0.2, 0) is 87.3 Å². The molecule has 1 aliphatic rings. The van der Waals surface area contributed by atoms with Crippen LogP contribution in [0.1, 0.15) is 64.5 Å². The lowest BCUT2D eigenvalue weighted by Gasteiger charge is -2.30. The number of phenols is 1. The molecule has 0 saturated carbocycles. The molecule has 0 bridgehead atoms. The lowest BCUT2D eigenvalue weighted by Crippen LogP contribution is -2.31. The summed E-state index contributed by atoms with van der Waals surface area (Å²) in [6, 6.07) is 9.62. The highest BCUT2D eigenvalue weighted by molar-refractivity contribution is 7.86.